The molecule has 1 amide bonds. The van der Waals surface area contributed by atoms with Crippen LogP contribution in [-0.2, 0) is 17.4 Å². The highest BCUT2D eigenvalue weighted by Gasteiger charge is 2.43. The monoisotopic (exact) mass is 380 g/mol. The van der Waals surface area contributed by atoms with Gasteiger partial charge in [-0.3, -0.25) is 4.79 Å². The van der Waals surface area contributed by atoms with Gasteiger partial charge in [0, 0.05) is 5.69 Å². The number of rotatable bonds is 3. The van der Waals surface area contributed by atoms with Gasteiger partial charge in [0.15, 0.2) is 11.4 Å². The minimum atomic E-state index is -4.75. The fourth-order valence-corrected chi connectivity index (χ4v) is 3.60. The van der Waals surface area contributed by atoms with Crippen molar-refractivity contribution < 1.29 is 27.6 Å². The van der Waals surface area contributed by atoms with Crippen LogP contribution in [0.4, 0.5) is 18.9 Å². The van der Waals surface area contributed by atoms with Crippen molar-refractivity contribution in [1.29, 1.82) is 0 Å². The third-order valence-corrected chi connectivity index (χ3v) is 4.92. The summed E-state index contributed by atoms with van der Waals surface area (Å²) < 4.78 is 46.7. The van der Waals surface area contributed by atoms with Gasteiger partial charge in [-0.1, -0.05) is 24.1 Å². The number of amides is 1. The van der Waals surface area contributed by atoms with E-state index in [2.05, 4.69) is 15.6 Å². The Morgan fingerprint density at radius 1 is 1.33 bits per heavy atom. The molecule has 7 nitrogen and oxygen atoms in total. The number of nitrogens with zero attached hydrogens (tertiary/aromatic N) is 3. The maximum absolute atomic E-state index is 13.6. The lowest BCUT2D eigenvalue weighted by Crippen LogP contribution is -2.28. The maximum atomic E-state index is 13.6. The van der Waals surface area contributed by atoms with Crippen LogP contribution in [0.5, 0.6) is 0 Å². The van der Waals surface area contributed by atoms with Crippen molar-refractivity contribution in [1.82, 2.24) is 15.0 Å². The molecule has 0 atom stereocenters. The highest BCUT2D eigenvalue weighted by Crippen LogP contribution is 2.37. The lowest BCUT2D eigenvalue weighted by Gasteiger charge is -2.15. The molecule has 0 spiro atoms. The number of halogens is 3. The number of benzene rings is 1. The first-order valence-electron chi connectivity index (χ1n) is 8.61. The van der Waals surface area contributed by atoms with E-state index in [-0.39, 0.29) is 12.3 Å². The van der Waals surface area contributed by atoms with Crippen LogP contribution in [0, 0.1) is 0 Å². The second-order valence-corrected chi connectivity index (χ2v) is 6.70. The molecule has 1 saturated carbocycles. The molecule has 0 unspecified atom stereocenters. The highest BCUT2D eigenvalue weighted by atomic mass is 19.4. The number of hydrogen-bond donors (Lipinski definition) is 2. The average molecular weight is 380 g/mol. The van der Waals surface area contributed by atoms with Gasteiger partial charge in [0.25, 0.3) is 5.91 Å². The van der Waals surface area contributed by atoms with Crippen molar-refractivity contribution in [3.05, 3.63) is 35.2 Å². The molecule has 11 heteroatoms. The van der Waals surface area contributed by atoms with E-state index in [1.807, 2.05) is 0 Å². The van der Waals surface area contributed by atoms with Gasteiger partial charge in [0.05, 0.1) is 12.6 Å². The Labute approximate surface area is 152 Å². The molecule has 1 aliphatic heterocycles. The fourth-order valence-electron chi connectivity index (χ4n) is 3.60. The normalized spacial score (nSPS) is 17.4. The third kappa shape index (κ3) is 3.32. The lowest BCUT2D eigenvalue weighted by atomic mass is 9.79. The van der Waals surface area contributed by atoms with E-state index in [0.717, 1.165) is 23.1 Å². The van der Waals surface area contributed by atoms with Gasteiger partial charge in [-0.2, -0.15) is 13.2 Å². The summed E-state index contributed by atoms with van der Waals surface area (Å²) in [6.45, 7) is 0.235. The van der Waals surface area contributed by atoms with E-state index in [9.17, 15) is 23.0 Å². The van der Waals surface area contributed by atoms with E-state index in [1.54, 1.807) is 6.07 Å². The van der Waals surface area contributed by atoms with E-state index in [0.29, 0.717) is 18.3 Å². The summed E-state index contributed by atoms with van der Waals surface area (Å²) in [5.74, 6) is -1.00. The van der Waals surface area contributed by atoms with Gasteiger partial charge >= 0.3 is 13.3 Å². The van der Waals surface area contributed by atoms with Crippen LogP contribution in [0.1, 0.15) is 53.5 Å². The van der Waals surface area contributed by atoms with Crippen LogP contribution >= 0.6 is 0 Å². The van der Waals surface area contributed by atoms with Crippen LogP contribution < -0.4 is 10.8 Å². The predicted molar refractivity (Wildman–Crippen MR) is 89.3 cm³/mol. The van der Waals surface area contributed by atoms with E-state index in [1.165, 1.54) is 12.1 Å². The molecule has 4 rings (SSSR count). The summed E-state index contributed by atoms with van der Waals surface area (Å²) in [5, 5.41) is 19.3. The summed E-state index contributed by atoms with van der Waals surface area (Å²) in [6, 6.07) is 4.25. The number of aromatic nitrogens is 3. The Balaban J connectivity index is 1.63. The van der Waals surface area contributed by atoms with Gasteiger partial charge in [-0.15, -0.1) is 5.10 Å². The first-order valence-corrected chi connectivity index (χ1v) is 8.61. The Bertz CT molecular complexity index is 880. The summed E-state index contributed by atoms with van der Waals surface area (Å²) in [4.78, 5) is 12.5. The summed E-state index contributed by atoms with van der Waals surface area (Å²) >= 11 is 0. The molecule has 2 N–H and O–H groups in total. The topological polar surface area (TPSA) is 89.3 Å². The smallest absolute Gasteiger partial charge is 0.423 e. The summed E-state index contributed by atoms with van der Waals surface area (Å²) in [7, 11) is -1.12. The number of alkyl halides is 3. The maximum Gasteiger partial charge on any atom is 0.491 e. The van der Waals surface area contributed by atoms with Crippen LogP contribution in [0.25, 0.3) is 0 Å². The average Bonchev–Trinajstić information content (AvgIpc) is 3.33. The molecule has 0 saturated heterocycles. The minimum absolute atomic E-state index is 0.235. The predicted octanol–water partition coefficient (Wildman–Crippen LogP) is 1.88. The number of nitrogens with one attached hydrogen (secondary N) is 1. The standard InChI is InChI=1S/C16H16BF3N4O3/c18-16(19,20)14-13(22-23-24(14)11-3-1-2-4-11)15(25)21-10-6-5-9-8-27-17(26)12(9)7-10/h5-7,11,26H,1-4,8H2,(H,21,25). The zero-order valence-electron chi connectivity index (χ0n) is 14.2. The van der Waals surface area contributed by atoms with Crippen molar-refractivity contribution in [2.24, 2.45) is 0 Å². The number of fused-ring (bicyclic) bond motifs is 1. The molecule has 2 heterocycles. The van der Waals surface area contributed by atoms with Crippen LogP contribution in [0.2, 0.25) is 0 Å². The second-order valence-electron chi connectivity index (χ2n) is 6.70. The SMILES string of the molecule is O=C(Nc1ccc2c(c1)B(O)OC2)c1nnn(C2CCCC2)c1C(F)(F)F. The molecule has 0 bridgehead atoms. The molecule has 27 heavy (non-hydrogen) atoms. The van der Waals surface area contributed by atoms with E-state index >= 15 is 0 Å². The number of carbonyl (C=O) groups excluding carboxylic acids is 1. The van der Waals surface area contributed by atoms with Crippen molar-refractivity contribution in [2.75, 3.05) is 5.32 Å². The van der Waals surface area contributed by atoms with Crippen LogP contribution in [0.3, 0.4) is 0 Å². The van der Waals surface area contributed by atoms with Crippen molar-refractivity contribution >= 4 is 24.2 Å². The fraction of sp³-hybridized carbons (Fsp3) is 0.438. The third-order valence-electron chi connectivity index (χ3n) is 4.92. The van der Waals surface area contributed by atoms with Gasteiger partial charge in [0.2, 0.25) is 0 Å². The molecule has 1 fully saturated rings. The summed E-state index contributed by atoms with van der Waals surface area (Å²) in [5.41, 5.74) is -0.419. The van der Waals surface area contributed by atoms with Crippen molar-refractivity contribution in [3.8, 4) is 0 Å². The molecular formula is C16H16BF3N4O3. The molecule has 2 aliphatic rings. The van der Waals surface area contributed by atoms with Crippen molar-refractivity contribution in [2.45, 2.75) is 44.5 Å². The highest BCUT2D eigenvalue weighted by molar-refractivity contribution is 6.61. The Morgan fingerprint density at radius 2 is 2.07 bits per heavy atom. The lowest BCUT2D eigenvalue weighted by molar-refractivity contribution is -0.145. The molecule has 1 aromatic carbocycles. The van der Waals surface area contributed by atoms with Crippen LogP contribution in [-0.4, -0.2) is 33.0 Å². The number of carbonyl (C=O) groups is 1. The second kappa shape index (κ2) is 6.64. The van der Waals surface area contributed by atoms with E-state index in [4.69, 9.17) is 4.65 Å². The Morgan fingerprint density at radius 3 is 2.78 bits per heavy atom. The van der Waals surface area contributed by atoms with Crippen LogP contribution in [0.15, 0.2) is 18.2 Å². The molecule has 1 aromatic heterocycles. The largest absolute Gasteiger partial charge is 0.491 e. The number of hydrogen-bond acceptors (Lipinski definition) is 5. The quantitative estimate of drug-likeness (QED) is 0.794. The number of anilines is 1. The van der Waals surface area contributed by atoms with Gasteiger partial charge in [0.1, 0.15) is 0 Å². The zero-order chi connectivity index (χ0) is 19.2. The van der Waals surface area contributed by atoms with Gasteiger partial charge in [-0.25, -0.2) is 4.68 Å². The van der Waals surface area contributed by atoms with Gasteiger partial charge in [-0.05, 0) is 36.0 Å². The molecule has 1 aliphatic carbocycles. The minimum Gasteiger partial charge on any atom is -0.423 e. The Kier molecular flexibility index (Phi) is 4.43. The molecule has 0 radical (unpaired) electrons. The molecule has 142 valence electrons. The first kappa shape index (κ1) is 18.0. The zero-order valence-corrected chi connectivity index (χ0v) is 14.2. The van der Waals surface area contributed by atoms with Crippen molar-refractivity contribution in [3.63, 3.8) is 0 Å². The van der Waals surface area contributed by atoms with Gasteiger partial charge < -0.3 is 15.0 Å². The molecular weight excluding hydrogens is 364 g/mol. The Hall–Kier alpha value is -2.40. The molecule has 2 aromatic rings. The summed E-state index contributed by atoms with van der Waals surface area (Å²) in [6.07, 6.45) is -1.95. The van der Waals surface area contributed by atoms with E-state index < -0.39 is 36.6 Å². The first-order chi connectivity index (χ1) is 12.8.